The zero-order chi connectivity index (χ0) is 12.7. The summed E-state index contributed by atoms with van der Waals surface area (Å²) >= 11 is 1.63. The first-order valence-corrected chi connectivity index (χ1v) is 8.83. The molecule has 0 spiro atoms. The summed E-state index contributed by atoms with van der Waals surface area (Å²) < 4.78 is 27.4. The Morgan fingerprint density at radius 2 is 2.06 bits per heavy atom. The first-order valence-electron chi connectivity index (χ1n) is 5.99. The van der Waals surface area contributed by atoms with Gasteiger partial charge in [-0.25, -0.2) is 4.72 Å². The van der Waals surface area contributed by atoms with Crippen molar-refractivity contribution in [2.75, 3.05) is 38.7 Å². The summed E-state index contributed by atoms with van der Waals surface area (Å²) in [5.41, 5.74) is 0. The largest absolute Gasteiger partial charge is 0.314 e. The Bertz CT molecular complexity index is 305. The normalized spacial score (nSPS) is 16.6. The minimum atomic E-state index is -3.28. The van der Waals surface area contributed by atoms with Crippen LogP contribution < -0.4 is 10.0 Å². The van der Waals surface area contributed by atoms with Crippen LogP contribution in [0.3, 0.4) is 0 Å². The Balaban J connectivity index is 2.12. The highest BCUT2D eigenvalue weighted by atomic mass is 32.2. The predicted molar refractivity (Wildman–Crippen MR) is 73.6 cm³/mol. The van der Waals surface area contributed by atoms with Crippen LogP contribution in [0, 0.1) is 0 Å². The Labute approximate surface area is 109 Å². The monoisotopic (exact) mass is 281 g/mol. The molecule has 17 heavy (non-hydrogen) atoms. The van der Waals surface area contributed by atoms with E-state index in [1.165, 1.54) is 17.1 Å². The Morgan fingerprint density at radius 1 is 1.35 bits per heavy atom. The van der Waals surface area contributed by atoms with E-state index in [-0.39, 0.29) is 0 Å². The molecular weight excluding hydrogens is 258 g/mol. The summed E-state index contributed by atoms with van der Waals surface area (Å²) in [6.45, 7) is 1.96. The molecule has 1 fully saturated rings. The number of nitrogens with one attached hydrogen (secondary N) is 2. The first-order chi connectivity index (χ1) is 8.06. The molecular formula is C10H23N3O2S2. The first kappa shape index (κ1) is 15.2. The van der Waals surface area contributed by atoms with Gasteiger partial charge in [0.1, 0.15) is 0 Å². The van der Waals surface area contributed by atoms with E-state index in [0.29, 0.717) is 19.1 Å². The Hall–Kier alpha value is 0.180. The number of hydrogen-bond donors (Lipinski definition) is 2. The lowest BCUT2D eigenvalue weighted by Crippen LogP contribution is -2.40. The van der Waals surface area contributed by atoms with Crippen LogP contribution in [0.25, 0.3) is 0 Å². The highest BCUT2D eigenvalue weighted by Gasteiger charge is 2.20. The second-order valence-electron chi connectivity index (χ2n) is 4.30. The lowest BCUT2D eigenvalue weighted by atomic mass is 10.4. The maximum absolute atomic E-state index is 11.7. The van der Waals surface area contributed by atoms with Crippen molar-refractivity contribution in [2.24, 2.45) is 0 Å². The van der Waals surface area contributed by atoms with Crippen molar-refractivity contribution in [1.82, 2.24) is 14.3 Å². The number of hydrogen-bond acceptors (Lipinski definition) is 4. The molecule has 0 atom stereocenters. The van der Waals surface area contributed by atoms with Gasteiger partial charge in [0, 0.05) is 31.9 Å². The van der Waals surface area contributed by atoms with Crippen LogP contribution in [0.1, 0.15) is 19.3 Å². The third-order valence-corrected chi connectivity index (χ3v) is 4.85. The fourth-order valence-electron chi connectivity index (χ4n) is 1.40. The molecule has 2 N–H and O–H groups in total. The molecule has 102 valence electrons. The molecule has 0 unspecified atom stereocenters. The topological polar surface area (TPSA) is 61.4 Å². The average molecular weight is 281 g/mol. The van der Waals surface area contributed by atoms with Crippen molar-refractivity contribution in [3.63, 3.8) is 0 Å². The maximum Gasteiger partial charge on any atom is 0.279 e. The van der Waals surface area contributed by atoms with Gasteiger partial charge >= 0.3 is 0 Å². The molecule has 0 heterocycles. The highest BCUT2D eigenvalue weighted by Crippen LogP contribution is 2.18. The molecule has 1 rings (SSSR count). The molecule has 0 aromatic heterocycles. The van der Waals surface area contributed by atoms with Crippen molar-refractivity contribution in [3.05, 3.63) is 0 Å². The van der Waals surface area contributed by atoms with E-state index in [1.54, 1.807) is 18.8 Å². The predicted octanol–water partition coefficient (Wildman–Crippen LogP) is 0.258. The van der Waals surface area contributed by atoms with Crippen molar-refractivity contribution < 1.29 is 8.42 Å². The van der Waals surface area contributed by atoms with Gasteiger partial charge < -0.3 is 5.32 Å². The molecule has 7 heteroatoms. The van der Waals surface area contributed by atoms with Crippen molar-refractivity contribution in [2.45, 2.75) is 25.3 Å². The third kappa shape index (κ3) is 6.61. The van der Waals surface area contributed by atoms with Gasteiger partial charge in [0.05, 0.1) is 0 Å². The Morgan fingerprint density at radius 3 is 2.65 bits per heavy atom. The third-order valence-electron chi connectivity index (χ3n) is 2.66. The summed E-state index contributed by atoms with van der Waals surface area (Å²) in [5, 5.41) is 3.37. The SMILES string of the molecule is CSCCNS(=O)(=O)N(C)CCCNC1CC1. The molecule has 0 radical (unpaired) electrons. The van der Waals surface area contributed by atoms with E-state index < -0.39 is 10.2 Å². The molecule has 5 nitrogen and oxygen atoms in total. The molecule has 0 bridgehead atoms. The lowest BCUT2D eigenvalue weighted by Gasteiger charge is -2.17. The molecule has 1 saturated carbocycles. The van der Waals surface area contributed by atoms with Gasteiger partial charge in [0.25, 0.3) is 10.2 Å². The Kier molecular flexibility index (Phi) is 6.79. The zero-order valence-corrected chi connectivity index (χ0v) is 12.2. The second-order valence-corrected chi connectivity index (χ2v) is 7.14. The standard InChI is InChI=1S/C10H23N3O2S2/c1-13(8-3-6-11-10-4-5-10)17(14,15)12-7-9-16-2/h10-12H,3-9H2,1-2H3. The van der Waals surface area contributed by atoms with Crippen LogP contribution in [0.15, 0.2) is 0 Å². The molecule has 1 aliphatic rings. The van der Waals surface area contributed by atoms with Crippen LogP contribution in [0.2, 0.25) is 0 Å². The van der Waals surface area contributed by atoms with Gasteiger partial charge in [-0.1, -0.05) is 0 Å². The van der Waals surface area contributed by atoms with Crippen LogP contribution in [0.4, 0.5) is 0 Å². The molecule has 0 aliphatic heterocycles. The van der Waals surface area contributed by atoms with Gasteiger partial charge in [-0.2, -0.15) is 24.5 Å². The summed E-state index contributed by atoms with van der Waals surface area (Å²) in [6, 6.07) is 0.691. The lowest BCUT2D eigenvalue weighted by molar-refractivity contribution is 0.445. The molecule has 0 aromatic rings. The summed E-state index contributed by atoms with van der Waals surface area (Å²) in [6.07, 6.45) is 5.35. The van der Waals surface area contributed by atoms with E-state index in [1.807, 2.05) is 6.26 Å². The van der Waals surface area contributed by atoms with Crippen molar-refractivity contribution in [1.29, 1.82) is 0 Å². The summed E-state index contributed by atoms with van der Waals surface area (Å²) in [7, 11) is -1.65. The number of nitrogens with zero attached hydrogens (tertiary/aromatic N) is 1. The molecule has 0 amide bonds. The smallest absolute Gasteiger partial charge is 0.279 e. The minimum absolute atomic E-state index is 0.494. The zero-order valence-electron chi connectivity index (χ0n) is 10.6. The summed E-state index contributed by atoms with van der Waals surface area (Å²) in [5.74, 6) is 0.802. The second kappa shape index (κ2) is 7.58. The summed E-state index contributed by atoms with van der Waals surface area (Å²) in [4.78, 5) is 0. The number of thioether (sulfide) groups is 1. The van der Waals surface area contributed by atoms with E-state index in [0.717, 1.165) is 18.7 Å². The molecule has 1 aliphatic carbocycles. The minimum Gasteiger partial charge on any atom is -0.314 e. The van der Waals surface area contributed by atoms with Gasteiger partial charge in [-0.05, 0) is 32.1 Å². The average Bonchev–Trinajstić information content (AvgIpc) is 3.08. The molecule has 0 saturated heterocycles. The van der Waals surface area contributed by atoms with Gasteiger partial charge in [0.15, 0.2) is 0 Å². The van der Waals surface area contributed by atoms with Crippen LogP contribution in [0.5, 0.6) is 0 Å². The van der Waals surface area contributed by atoms with E-state index >= 15 is 0 Å². The van der Waals surface area contributed by atoms with Crippen molar-refractivity contribution in [3.8, 4) is 0 Å². The fraction of sp³-hybridized carbons (Fsp3) is 1.00. The van der Waals surface area contributed by atoms with Crippen LogP contribution in [-0.2, 0) is 10.2 Å². The van der Waals surface area contributed by atoms with Crippen LogP contribution in [-0.4, -0.2) is 57.5 Å². The highest BCUT2D eigenvalue weighted by molar-refractivity contribution is 7.98. The van der Waals surface area contributed by atoms with Crippen LogP contribution >= 0.6 is 11.8 Å². The van der Waals surface area contributed by atoms with E-state index in [9.17, 15) is 8.42 Å². The van der Waals surface area contributed by atoms with Crippen molar-refractivity contribution >= 4 is 22.0 Å². The van der Waals surface area contributed by atoms with E-state index in [4.69, 9.17) is 0 Å². The maximum atomic E-state index is 11.7. The molecule has 0 aromatic carbocycles. The van der Waals surface area contributed by atoms with Gasteiger partial charge in [-0.3, -0.25) is 0 Å². The van der Waals surface area contributed by atoms with Gasteiger partial charge in [0.2, 0.25) is 0 Å². The van der Waals surface area contributed by atoms with E-state index in [2.05, 4.69) is 10.0 Å². The number of rotatable bonds is 10. The van der Waals surface area contributed by atoms with Gasteiger partial charge in [-0.15, -0.1) is 0 Å². The quantitative estimate of drug-likeness (QED) is 0.564. The fourth-order valence-corrected chi connectivity index (χ4v) is 2.78.